The van der Waals surface area contributed by atoms with E-state index in [-0.39, 0.29) is 6.61 Å². The minimum atomic E-state index is -1.09. The Balaban J connectivity index is 2.61. The summed E-state index contributed by atoms with van der Waals surface area (Å²) in [4.78, 5) is 4.36. The van der Waals surface area contributed by atoms with E-state index in [1.54, 1.807) is 0 Å². The minimum absolute atomic E-state index is 0.00508. The zero-order valence-electron chi connectivity index (χ0n) is 8.70. The maximum Gasteiger partial charge on any atom is 0.185 e. The molecule has 1 saturated heterocycles. The van der Waals surface area contributed by atoms with Gasteiger partial charge in [0.1, 0.15) is 24.4 Å². The van der Waals surface area contributed by atoms with Gasteiger partial charge in [-0.3, -0.25) is 0 Å². The van der Waals surface area contributed by atoms with Crippen molar-refractivity contribution in [3.8, 4) is 0 Å². The van der Waals surface area contributed by atoms with Crippen molar-refractivity contribution < 1.29 is 29.3 Å². The first kappa shape index (κ1) is 12.8. The van der Waals surface area contributed by atoms with Crippen LogP contribution in [-0.2, 0) is 19.0 Å². The van der Waals surface area contributed by atoms with Gasteiger partial charge in [-0.2, -0.15) is 0 Å². The van der Waals surface area contributed by atoms with Crippen LogP contribution in [0.4, 0.5) is 0 Å². The average Bonchev–Trinajstić information content (AvgIpc) is 2.50. The molecule has 4 atom stereocenters. The Morgan fingerprint density at radius 1 is 1.27 bits per heavy atom. The molecule has 90 valence electrons. The molecule has 0 aliphatic carbocycles. The van der Waals surface area contributed by atoms with Gasteiger partial charge in [-0.05, 0) is 0 Å². The Morgan fingerprint density at radius 2 is 1.87 bits per heavy atom. The van der Waals surface area contributed by atoms with Gasteiger partial charge in [0.15, 0.2) is 6.29 Å². The molecule has 0 aromatic heterocycles. The molecule has 7 nitrogen and oxygen atoms in total. The SMILES string of the molecule is COC(OC)[C@H]1O[C@H](CON)[C@@H](O)[C@@H]1O. The van der Waals surface area contributed by atoms with E-state index < -0.39 is 30.7 Å². The van der Waals surface area contributed by atoms with Gasteiger partial charge in [0.05, 0.1) is 6.61 Å². The molecule has 1 rings (SSSR count). The quantitative estimate of drug-likeness (QED) is 0.365. The Labute approximate surface area is 87.6 Å². The molecule has 0 bridgehead atoms. The second kappa shape index (κ2) is 5.71. The second-order valence-electron chi connectivity index (χ2n) is 3.29. The van der Waals surface area contributed by atoms with Crippen LogP contribution in [0.5, 0.6) is 0 Å². The smallest absolute Gasteiger partial charge is 0.185 e. The minimum Gasteiger partial charge on any atom is -0.387 e. The van der Waals surface area contributed by atoms with Crippen LogP contribution < -0.4 is 5.90 Å². The van der Waals surface area contributed by atoms with Crippen LogP contribution in [0.15, 0.2) is 0 Å². The average molecular weight is 223 g/mol. The summed E-state index contributed by atoms with van der Waals surface area (Å²) in [6.07, 6.45) is -4.32. The number of rotatable bonds is 5. The molecule has 0 saturated carbocycles. The van der Waals surface area contributed by atoms with Crippen molar-refractivity contribution in [1.29, 1.82) is 0 Å². The summed E-state index contributed by atoms with van der Waals surface area (Å²) in [6, 6.07) is 0. The first-order valence-electron chi connectivity index (χ1n) is 4.54. The van der Waals surface area contributed by atoms with E-state index in [2.05, 4.69) is 4.84 Å². The van der Waals surface area contributed by atoms with Gasteiger partial charge in [-0.1, -0.05) is 0 Å². The molecule has 1 fully saturated rings. The zero-order chi connectivity index (χ0) is 11.4. The van der Waals surface area contributed by atoms with Crippen LogP contribution in [-0.4, -0.2) is 61.7 Å². The summed E-state index contributed by atoms with van der Waals surface area (Å²) in [6.45, 7) is -0.00508. The molecule has 0 amide bonds. The molecular weight excluding hydrogens is 206 g/mol. The number of nitrogens with two attached hydrogens (primary N) is 1. The van der Waals surface area contributed by atoms with Crippen molar-refractivity contribution >= 4 is 0 Å². The topological polar surface area (TPSA) is 103 Å². The first-order valence-corrected chi connectivity index (χ1v) is 4.54. The molecule has 0 spiro atoms. The van der Waals surface area contributed by atoms with Gasteiger partial charge < -0.3 is 29.3 Å². The van der Waals surface area contributed by atoms with E-state index in [1.165, 1.54) is 14.2 Å². The molecular formula is C8H17NO6. The van der Waals surface area contributed by atoms with E-state index in [0.717, 1.165) is 0 Å². The predicted molar refractivity (Wildman–Crippen MR) is 48.6 cm³/mol. The molecule has 0 aromatic carbocycles. The van der Waals surface area contributed by atoms with Crippen LogP contribution in [0.2, 0.25) is 0 Å². The van der Waals surface area contributed by atoms with Crippen LogP contribution >= 0.6 is 0 Å². The summed E-state index contributed by atoms with van der Waals surface area (Å²) < 4.78 is 15.2. The maximum absolute atomic E-state index is 9.66. The fourth-order valence-corrected chi connectivity index (χ4v) is 1.60. The molecule has 7 heteroatoms. The fourth-order valence-electron chi connectivity index (χ4n) is 1.60. The largest absolute Gasteiger partial charge is 0.387 e. The van der Waals surface area contributed by atoms with Gasteiger partial charge in [0, 0.05) is 14.2 Å². The van der Waals surface area contributed by atoms with Gasteiger partial charge in [-0.25, -0.2) is 5.90 Å². The third-order valence-electron chi connectivity index (χ3n) is 2.39. The van der Waals surface area contributed by atoms with Crippen molar-refractivity contribution in [3.63, 3.8) is 0 Å². The van der Waals surface area contributed by atoms with E-state index in [4.69, 9.17) is 20.1 Å². The lowest BCUT2D eigenvalue weighted by atomic mass is 10.1. The summed E-state index contributed by atoms with van der Waals surface area (Å²) in [7, 11) is 2.84. The number of methoxy groups -OCH3 is 2. The first-order chi connectivity index (χ1) is 7.15. The highest BCUT2D eigenvalue weighted by Crippen LogP contribution is 2.25. The Hall–Kier alpha value is -0.280. The Kier molecular flexibility index (Phi) is 4.87. The second-order valence-corrected chi connectivity index (χ2v) is 3.29. The highest BCUT2D eigenvalue weighted by atomic mass is 16.7. The highest BCUT2D eigenvalue weighted by Gasteiger charge is 2.46. The number of ether oxygens (including phenoxy) is 3. The van der Waals surface area contributed by atoms with Crippen LogP contribution in [0, 0.1) is 0 Å². The van der Waals surface area contributed by atoms with Crippen molar-refractivity contribution in [2.45, 2.75) is 30.7 Å². The number of hydrogen-bond acceptors (Lipinski definition) is 7. The van der Waals surface area contributed by atoms with Crippen molar-refractivity contribution in [2.75, 3.05) is 20.8 Å². The molecule has 1 aliphatic heterocycles. The monoisotopic (exact) mass is 223 g/mol. The molecule has 0 radical (unpaired) electrons. The molecule has 1 heterocycles. The van der Waals surface area contributed by atoms with Gasteiger partial charge in [0.25, 0.3) is 0 Å². The van der Waals surface area contributed by atoms with Gasteiger partial charge in [0.2, 0.25) is 0 Å². The third-order valence-corrected chi connectivity index (χ3v) is 2.39. The number of aliphatic hydroxyl groups excluding tert-OH is 2. The van der Waals surface area contributed by atoms with Crippen molar-refractivity contribution in [3.05, 3.63) is 0 Å². The fraction of sp³-hybridized carbons (Fsp3) is 1.00. The summed E-state index contributed by atoms with van der Waals surface area (Å²) in [5, 5.41) is 19.2. The lowest BCUT2D eigenvalue weighted by molar-refractivity contribution is -0.194. The van der Waals surface area contributed by atoms with E-state index in [0.29, 0.717) is 0 Å². The lowest BCUT2D eigenvalue weighted by Gasteiger charge is -2.22. The van der Waals surface area contributed by atoms with Gasteiger partial charge in [-0.15, -0.1) is 0 Å². The van der Waals surface area contributed by atoms with Crippen LogP contribution in [0.25, 0.3) is 0 Å². The standard InChI is InChI=1S/C8H17NO6/c1-12-8(13-2)7-6(11)5(10)4(15-7)3-14-9/h4-8,10-11H,3,9H2,1-2H3/t4-,5-,6+,7+/m1/s1. The van der Waals surface area contributed by atoms with Crippen LogP contribution in [0.1, 0.15) is 0 Å². The van der Waals surface area contributed by atoms with Crippen molar-refractivity contribution in [1.82, 2.24) is 0 Å². The normalized spacial score (nSPS) is 36.4. The Bertz CT molecular complexity index is 188. The number of hydrogen-bond donors (Lipinski definition) is 3. The van der Waals surface area contributed by atoms with E-state index >= 15 is 0 Å². The van der Waals surface area contributed by atoms with Crippen molar-refractivity contribution in [2.24, 2.45) is 5.90 Å². The summed E-state index contributed by atoms with van der Waals surface area (Å²) >= 11 is 0. The Morgan fingerprint density at radius 3 is 2.33 bits per heavy atom. The summed E-state index contributed by atoms with van der Waals surface area (Å²) in [5.41, 5.74) is 0. The summed E-state index contributed by atoms with van der Waals surface area (Å²) in [5.74, 6) is 4.87. The maximum atomic E-state index is 9.66. The third kappa shape index (κ3) is 2.64. The highest BCUT2D eigenvalue weighted by molar-refractivity contribution is 4.92. The lowest BCUT2D eigenvalue weighted by Crippen LogP contribution is -2.40. The van der Waals surface area contributed by atoms with Crippen LogP contribution in [0.3, 0.4) is 0 Å². The van der Waals surface area contributed by atoms with E-state index in [9.17, 15) is 10.2 Å². The van der Waals surface area contributed by atoms with E-state index in [1.807, 2.05) is 0 Å². The predicted octanol–water partition coefficient (Wildman–Crippen LogP) is -2.02. The molecule has 4 N–H and O–H groups in total. The molecule has 15 heavy (non-hydrogen) atoms. The molecule has 0 unspecified atom stereocenters. The molecule has 1 aliphatic rings. The zero-order valence-corrected chi connectivity index (χ0v) is 8.70. The van der Waals surface area contributed by atoms with Gasteiger partial charge >= 0.3 is 0 Å². The molecule has 0 aromatic rings. The number of aliphatic hydroxyl groups is 2.